The number of para-hydroxylation sites is 1. The highest BCUT2D eigenvalue weighted by Gasteiger charge is 2.39. The van der Waals surface area contributed by atoms with Crippen molar-refractivity contribution in [2.45, 2.75) is 24.4 Å². The van der Waals surface area contributed by atoms with Crippen molar-refractivity contribution in [3.63, 3.8) is 0 Å². The molecule has 0 radical (unpaired) electrons. The molecule has 0 aromatic heterocycles. The third kappa shape index (κ3) is 3.49. The van der Waals surface area contributed by atoms with Crippen molar-refractivity contribution < 1.29 is 9.84 Å². The third-order valence-corrected chi connectivity index (χ3v) is 4.40. The van der Waals surface area contributed by atoms with E-state index in [1.165, 1.54) is 0 Å². The molecule has 0 bridgehead atoms. The van der Waals surface area contributed by atoms with E-state index in [2.05, 4.69) is 17.4 Å². The van der Waals surface area contributed by atoms with Crippen LogP contribution in [0.4, 0.5) is 0 Å². The quantitative estimate of drug-likeness (QED) is 0.891. The average Bonchev–Trinajstić information content (AvgIpc) is 2.57. The Morgan fingerprint density at radius 2 is 1.73 bits per heavy atom. The summed E-state index contributed by atoms with van der Waals surface area (Å²) in [5.41, 5.74) is 0.374. The van der Waals surface area contributed by atoms with Crippen molar-refractivity contribution >= 4 is 0 Å². The van der Waals surface area contributed by atoms with Crippen molar-refractivity contribution in [2.75, 3.05) is 19.7 Å². The van der Waals surface area contributed by atoms with Gasteiger partial charge in [0.05, 0.1) is 12.2 Å². The van der Waals surface area contributed by atoms with Crippen LogP contribution in [0.2, 0.25) is 0 Å². The number of hydrogen-bond donors (Lipinski definition) is 2. The van der Waals surface area contributed by atoms with E-state index >= 15 is 0 Å². The predicted molar refractivity (Wildman–Crippen MR) is 88.2 cm³/mol. The molecule has 3 nitrogen and oxygen atoms in total. The number of β-amino-alcohol motifs (C(OH)–C–C–N with tert-alkyl or cyclic N) is 1. The van der Waals surface area contributed by atoms with Crippen LogP contribution in [0.15, 0.2) is 60.7 Å². The number of benzene rings is 2. The molecule has 2 aromatic rings. The van der Waals surface area contributed by atoms with Gasteiger partial charge < -0.3 is 15.2 Å². The van der Waals surface area contributed by atoms with Gasteiger partial charge in [0.1, 0.15) is 5.75 Å². The van der Waals surface area contributed by atoms with E-state index in [9.17, 15) is 5.11 Å². The zero-order valence-electron chi connectivity index (χ0n) is 12.7. The summed E-state index contributed by atoms with van der Waals surface area (Å²) in [5.74, 6) is 0.803. The molecule has 1 aliphatic rings. The molecule has 1 aliphatic heterocycles. The highest BCUT2D eigenvalue weighted by Crippen LogP contribution is 2.34. The Labute approximate surface area is 131 Å². The van der Waals surface area contributed by atoms with E-state index in [4.69, 9.17) is 4.74 Å². The minimum absolute atomic E-state index is 0.0401. The number of piperidine rings is 1. The molecular weight excluding hydrogens is 274 g/mol. The topological polar surface area (TPSA) is 41.5 Å². The maximum atomic E-state index is 11.1. The number of ether oxygens (including phenoxy) is 1. The van der Waals surface area contributed by atoms with Crippen molar-refractivity contribution in [3.05, 3.63) is 66.2 Å². The Hall–Kier alpha value is -1.84. The Kier molecular flexibility index (Phi) is 4.76. The summed E-state index contributed by atoms with van der Waals surface area (Å²) >= 11 is 0. The maximum Gasteiger partial charge on any atom is 0.119 e. The van der Waals surface area contributed by atoms with Crippen LogP contribution in [0.5, 0.6) is 5.75 Å². The fourth-order valence-electron chi connectivity index (χ4n) is 3.15. The molecule has 2 aromatic carbocycles. The standard InChI is InChI=1S/C19H23NO2/c21-19(12-7-13-20-15-19)18(16-8-3-1-4-9-16)14-22-17-10-5-2-6-11-17/h1-6,8-11,18,20-21H,7,12-15H2. The van der Waals surface area contributed by atoms with E-state index in [0.29, 0.717) is 13.2 Å². The first-order valence-electron chi connectivity index (χ1n) is 7.94. The van der Waals surface area contributed by atoms with E-state index in [-0.39, 0.29) is 5.92 Å². The first-order valence-corrected chi connectivity index (χ1v) is 7.94. The summed E-state index contributed by atoms with van der Waals surface area (Å²) < 4.78 is 5.95. The molecule has 3 rings (SSSR count). The first-order chi connectivity index (χ1) is 10.8. The summed E-state index contributed by atoms with van der Waals surface area (Å²) in [6, 6.07) is 20.0. The molecule has 2 N–H and O–H groups in total. The summed E-state index contributed by atoms with van der Waals surface area (Å²) in [5, 5.41) is 14.4. The van der Waals surface area contributed by atoms with Crippen molar-refractivity contribution in [1.82, 2.24) is 5.32 Å². The van der Waals surface area contributed by atoms with Crippen LogP contribution < -0.4 is 10.1 Å². The SMILES string of the molecule is OC1(C(COc2ccccc2)c2ccccc2)CCCNC1. The Morgan fingerprint density at radius 3 is 2.36 bits per heavy atom. The molecule has 2 unspecified atom stereocenters. The highest BCUT2D eigenvalue weighted by molar-refractivity contribution is 5.26. The van der Waals surface area contributed by atoms with Crippen LogP contribution >= 0.6 is 0 Å². The summed E-state index contributed by atoms with van der Waals surface area (Å²) in [6.45, 7) is 2.07. The summed E-state index contributed by atoms with van der Waals surface area (Å²) in [7, 11) is 0. The maximum absolute atomic E-state index is 11.1. The molecule has 22 heavy (non-hydrogen) atoms. The first kappa shape index (κ1) is 15.1. The fourth-order valence-corrected chi connectivity index (χ4v) is 3.15. The van der Waals surface area contributed by atoms with Crippen molar-refractivity contribution in [1.29, 1.82) is 0 Å². The molecule has 0 aliphatic carbocycles. The largest absolute Gasteiger partial charge is 0.493 e. The van der Waals surface area contributed by atoms with Crippen LogP contribution in [0.3, 0.4) is 0 Å². The van der Waals surface area contributed by atoms with Gasteiger partial charge in [0.2, 0.25) is 0 Å². The zero-order chi connectivity index (χ0) is 15.3. The lowest BCUT2D eigenvalue weighted by atomic mass is 9.78. The molecule has 2 atom stereocenters. The van der Waals surface area contributed by atoms with Gasteiger partial charge in [-0.2, -0.15) is 0 Å². The summed E-state index contributed by atoms with van der Waals surface area (Å²) in [6.07, 6.45) is 1.79. The van der Waals surface area contributed by atoms with Crippen LogP contribution in [-0.4, -0.2) is 30.4 Å². The van der Waals surface area contributed by atoms with Gasteiger partial charge in [0.25, 0.3) is 0 Å². The number of nitrogens with one attached hydrogen (secondary N) is 1. The lowest BCUT2D eigenvalue weighted by Crippen LogP contribution is -2.51. The van der Waals surface area contributed by atoms with Gasteiger partial charge in [-0.3, -0.25) is 0 Å². The normalized spacial score (nSPS) is 23.0. The lowest BCUT2D eigenvalue weighted by molar-refractivity contribution is -0.0222. The zero-order valence-corrected chi connectivity index (χ0v) is 12.7. The molecular formula is C19H23NO2. The van der Waals surface area contributed by atoms with Gasteiger partial charge in [-0.25, -0.2) is 0 Å². The molecule has 0 saturated carbocycles. The minimum atomic E-state index is -0.756. The lowest BCUT2D eigenvalue weighted by Gasteiger charge is -2.39. The third-order valence-electron chi connectivity index (χ3n) is 4.40. The molecule has 1 heterocycles. The highest BCUT2D eigenvalue weighted by atomic mass is 16.5. The van der Waals surface area contributed by atoms with Crippen molar-refractivity contribution in [2.24, 2.45) is 0 Å². The molecule has 3 heteroatoms. The predicted octanol–water partition coefficient (Wildman–Crippen LogP) is 2.96. The molecule has 0 amide bonds. The van der Waals surface area contributed by atoms with Crippen LogP contribution in [0.25, 0.3) is 0 Å². The monoisotopic (exact) mass is 297 g/mol. The minimum Gasteiger partial charge on any atom is -0.493 e. The number of rotatable bonds is 5. The smallest absolute Gasteiger partial charge is 0.119 e. The second-order valence-corrected chi connectivity index (χ2v) is 5.97. The molecule has 116 valence electrons. The molecule has 1 saturated heterocycles. The average molecular weight is 297 g/mol. The van der Waals surface area contributed by atoms with E-state index in [1.54, 1.807) is 0 Å². The van der Waals surface area contributed by atoms with Gasteiger partial charge in [-0.1, -0.05) is 48.5 Å². The Balaban J connectivity index is 1.80. The van der Waals surface area contributed by atoms with Gasteiger partial charge >= 0.3 is 0 Å². The van der Waals surface area contributed by atoms with Gasteiger partial charge in [-0.05, 0) is 37.1 Å². The van der Waals surface area contributed by atoms with Crippen molar-refractivity contribution in [3.8, 4) is 5.75 Å². The Bertz CT molecular complexity index is 565. The Morgan fingerprint density at radius 1 is 1.05 bits per heavy atom. The molecule has 0 spiro atoms. The fraction of sp³-hybridized carbons (Fsp3) is 0.368. The van der Waals surface area contributed by atoms with Crippen LogP contribution in [0.1, 0.15) is 24.3 Å². The van der Waals surface area contributed by atoms with Gasteiger partial charge in [0, 0.05) is 12.5 Å². The van der Waals surface area contributed by atoms with Crippen LogP contribution in [-0.2, 0) is 0 Å². The number of aliphatic hydroxyl groups is 1. The van der Waals surface area contributed by atoms with E-state index in [1.807, 2.05) is 48.5 Å². The molecule has 1 fully saturated rings. The van der Waals surface area contributed by atoms with Gasteiger partial charge in [0.15, 0.2) is 0 Å². The van der Waals surface area contributed by atoms with Gasteiger partial charge in [-0.15, -0.1) is 0 Å². The summed E-state index contributed by atoms with van der Waals surface area (Å²) in [4.78, 5) is 0. The second-order valence-electron chi connectivity index (χ2n) is 5.97. The van der Waals surface area contributed by atoms with E-state index < -0.39 is 5.60 Å². The second kappa shape index (κ2) is 6.95. The van der Waals surface area contributed by atoms with Crippen LogP contribution in [0, 0.1) is 0 Å². The number of hydrogen-bond acceptors (Lipinski definition) is 3. The van der Waals surface area contributed by atoms with E-state index in [0.717, 1.165) is 30.7 Å².